The van der Waals surface area contributed by atoms with E-state index in [1.807, 2.05) is 22.8 Å². The zero-order valence-corrected chi connectivity index (χ0v) is 11.4. The molecule has 2 aromatic heterocycles. The van der Waals surface area contributed by atoms with Crippen molar-refractivity contribution in [2.45, 2.75) is 13.5 Å². The van der Waals surface area contributed by atoms with Crippen LogP contribution in [0.3, 0.4) is 0 Å². The molecule has 0 amide bonds. The lowest BCUT2D eigenvalue weighted by Gasteiger charge is -2.04. The predicted molar refractivity (Wildman–Crippen MR) is 77.3 cm³/mol. The summed E-state index contributed by atoms with van der Waals surface area (Å²) in [6.07, 6.45) is 0. The van der Waals surface area contributed by atoms with Gasteiger partial charge in [-0.1, -0.05) is 11.6 Å². The molecule has 18 heavy (non-hydrogen) atoms. The average molecular weight is 278 g/mol. The number of halogens is 1. The van der Waals surface area contributed by atoms with E-state index in [4.69, 9.17) is 17.3 Å². The molecule has 5 heteroatoms. The van der Waals surface area contributed by atoms with Crippen LogP contribution in [-0.2, 0) is 6.54 Å². The summed E-state index contributed by atoms with van der Waals surface area (Å²) in [5, 5.41) is 0.680. The number of nitrogen functional groups attached to an aromatic ring is 1. The predicted octanol–water partition coefficient (Wildman–Crippen LogP) is 3.69. The van der Waals surface area contributed by atoms with Crippen molar-refractivity contribution in [2.75, 3.05) is 5.73 Å². The van der Waals surface area contributed by atoms with Gasteiger partial charge in [-0.3, -0.25) is 0 Å². The Kier molecular flexibility index (Phi) is 2.76. The lowest BCUT2D eigenvalue weighted by atomic mass is 10.3. The number of aryl methyl sites for hydroxylation is 1. The molecule has 1 aromatic carbocycles. The van der Waals surface area contributed by atoms with Crippen molar-refractivity contribution in [2.24, 2.45) is 0 Å². The largest absolute Gasteiger partial charge is 0.369 e. The van der Waals surface area contributed by atoms with E-state index in [1.54, 1.807) is 11.3 Å². The van der Waals surface area contributed by atoms with E-state index in [-0.39, 0.29) is 0 Å². The number of nitrogens with zero attached hydrogens (tertiary/aromatic N) is 2. The van der Waals surface area contributed by atoms with Gasteiger partial charge in [-0.2, -0.15) is 0 Å². The number of rotatable bonds is 2. The van der Waals surface area contributed by atoms with Gasteiger partial charge in [0.05, 0.1) is 17.6 Å². The fourth-order valence-corrected chi connectivity index (χ4v) is 3.06. The van der Waals surface area contributed by atoms with E-state index >= 15 is 0 Å². The first-order valence-corrected chi connectivity index (χ1v) is 6.79. The van der Waals surface area contributed by atoms with Gasteiger partial charge >= 0.3 is 0 Å². The normalized spacial score (nSPS) is 11.2. The van der Waals surface area contributed by atoms with Crippen LogP contribution in [0.1, 0.15) is 9.75 Å². The molecule has 0 saturated heterocycles. The first kappa shape index (κ1) is 11.6. The summed E-state index contributed by atoms with van der Waals surface area (Å²) < 4.78 is 2.01. The Hall–Kier alpha value is -1.52. The van der Waals surface area contributed by atoms with Crippen LogP contribution < -0.4 is 5.73 Å². The Labute approximate surface area is 114 Å². The Balaban J connectivity index is 2.08. The maximum Gasteiger partial charge on any atom is 0.201 e. The number of thiophene rings is 1. The van der Waals surface area contributed by atoms with Crippen molar-refractivity contribution in [3.05, 3.63) is 45.1 Å². The maximum atomic E-state index is 5.97. The molecule has 0 fully saturated rings. The van der Waals surface area contributed by atoms with Crippen LogP contribution in [0.5, 0.6) is 0 Å². The van der Waals surface area contributed by atoms with Gasteiger partial charge in [-0.05, 0) is 37.3 Å². The first-order chi connectivity index (χ1) is 8.63. The third-order valence-corrected chi connectivity index (χ3v) is 4.07. The highest BCUT2D eigenvalue weighted by molar-refractivity contribution is 7.11. The second-order valence-electron chi connectivity index (χ2n) is 4.20. The standard InChI is InChI=1S/C13H12ClN3S/c1-8-2-4-10(18-8)7-17-12-5-3-9(14)6-11(12)16-13(17)15/h2-6H,7H2,1H3,(H2,15,16). The van der Waals surface area contributed by atoms with E-state index in [2.05, 4.69) is 24.0 Å². The van der Waals surface area contributed by atoms with Crippen LogP contribution in [0.2, 0.25) is 5.02 Å². The van der Waals surface area contributed by atoms with Crippen LogP contribution in [0, 0.1) is 6.92 Å². The smallest absolute Gasteiger partial charge is 0.201 e. The highest BCUT2D eigenvalue weighted by Gasteiger charge is 2.09. The first-order valence-electron chi connectivity index (χ1n) is 5.60. The minimum atomic E-state index is 0.526. The van der Waals surface area contributed by atoms with Gasteiger partial charge in [0.15, 0.2) is 0 Å². The molecule has 0 aliphatic heterocycles. The quantitative estimate of drug-likeness (QED) is 0.776. The summed E-state index contributed by atoms with van der Waals surface area (Å²) in [5.41, 5.74) is 7.83. The van der Waals surface area contributed by atoms with Crippen molar-refractivity contribution >= 4 is 39.9 Å². The minimum absolute atomic E-state index is 0.526. The molecule has 2 heterocycles. The highest BCUT2D eigenvalue weighted by atomic mass is 35.5. The summed E-state index contributed by atoms with van der Waals surface area (Å²) in [4.78, 5) is 6.91. The van der Waals surface area contributed by atoms with Crippen LogP contribution >= 0.6 is 22.9 Å². The van der Waals surface area contributed by atoms with E-state index in [0.29, 0.717) is 11.0 Å². The van der Waals surface area contributed by atoms with Gasteiger partial charge in [0, 0.05) is 14.8 Å². The molecule has 3 rings (SSSR count). The van der Waals surface area contributed by atoms with Crippen molar-refractivity contribution < 1.29 is 0 Å². The molecule has 0 bridgehead atoms. The highest BCUT2D eigenvalue weighted by Crippen LogP contribution is 2.24. The van der Waals surface area contributed by atoms with Gasteiger partial charge in [0.2, 0.25) is 5.95 Å². The number of hydrogen-bond acceptors (Lipinski definition) is 3. The van der Waals surface area contributed by atoms with Crippen LogP contribution in [0.25, 0.3) is 11.0 Å². The zero-order chi connectivity index (χ0) is 12.7. The lowest BCUT2D eigenvalue weighted by Crippen LogP contribution is -2.03. The second kappa shape index (κ2) is 4.30. The monoisotopic (exact) mass is 277 g/mol. The fourth-order valence-electron chi connectivity index (χ4n) is 2.01. The molecule has 3 nitrogen and oxygen atoms in total. The van der Waals surface area contributed by atoms with Crippen molar-refractivity contribution in [3.8, 4) is 0 Å². The molecule has 0 aliphatic carbocycles. The van der Waals surface area contributed by atoms with Gasteiger partial charge in [0.1, 0.15) is 0 Å². The second-order valence-corrected chi connectivity index (χ2v) is 6.01. The molecule has 0 unspecified atom stereocenters. The van der Waals surface area contributed by atoms with Crippen LogP contribution in [0.4, 0.5) is 5.95 Å². The Morgan fingerprint density at radius 1 is 1.33 bits per heavy atom. The van der Waals surface area contributed by atoms with E-state index < -0.39 is 0 Å². The van der Waals surface area contributed by atoms with Gasteiger partial charge in [0.25, 0.3) is 0 Å². The van der Waals surface area contributed by atoms with Crippen molar-refractivity contribution in [3.63, 3.8) is 0 Å². The van der Waals surface area contributed by atoms with Gasteiger partial charge < -0.3 is 10.3 Å². The summed E-state index contributed by atoms with van der Waals surface area (Å²) in [5.74, 6) is 0.526. The van der Waals surface area contributed by atoms with Crippen LogP contribution in [0.15, 0.2) is 30.3 Å². The summed E-state index contributed by atoms with van der Waals surface area (Å²) in [6, 6.07) is 9.90. The molecule has 92 valence electrons. The van der Waals surface area contributed by atoms with Crippen molar-refractivity contribution in [1.29, 1.82) is 0 Å². The number of fused-ring (bicyclic) bond motifs is 1. The molecule has 0 atom stereocenters. The Bertz CT molecular complexity index is 714. The number of anilines is 1. The molecular weight excluding hydrogens is 266 g/mol. The summed E-state index contributed by atoms with van der Waals surface area (Å²) >= 11 is 7.73. The molecule has 3 aromatic rings. The zero-order valence-electron chi connectivity index (χ0n) is 9.85. The minimum Gasteiger partial charge on any atom is -0.369 e. The molecule has 2 N–H and O–H groups in total. The SMILES string of the molecule is Cc1ccc(Cn2c(N)nc3cc(Cl)ccc32)s1. The van der Waals surface area contributed by atoms with Gasteiger partial charge in [-0.25, -0.2) is 4.98 Å². The number of aromatic nitrogens is 2. The Morgan fingerprint density at radius 3 is 2.89 bits per heavy atom. The molecule has 0 saturated carbocycles. The van der Waals surface area contributed by atoms with Crippen LogP contribution in [-0.4, -0.2) is 9.55 Å². The number of hydrogen-bond donors (Lipinski definition) is 1. The van der Waals surface area contributed by atoms with Gasteiger partial charge in [-0.15, -0.1) is 11.3 Å². The lowest BCUT2D eigenvalue weighted by molar-refractivity contribution is 0.853. The molecule has 0 spiro atoms. The van der Waals surface area contributed by atoms with E-state index in [0.717, 1.165) is 17.6 Å². The average Bonchev–Trinajstić information content (AvgIpc) is 2.84. The Morgan fingerprint density at radius 2 is 2.17 bits per heavy atom. The van der Waals surface area contributed by atoms with Crippen molar-refractivity contribution in [1.82, 2.24) is 9.55 Å². The van der Waals surface area contributed by atoms with E-state index in [9.17, 15) is 0 Å². The molecule has 0 radical (unpaired) electrons. The number of nitrogens with two attached hydrogens (primary N) is 1. The number of benzene rings is 1. The summed E-state index contributed by atoms with van der Waals surface area (Å²) in [7, 11) is 0. The van der Waals surface area contributed by atoms with E-state index in [1.165, 1.54) is 9.75 Å². The maximum absolute atomic E-state index is 5.97. The molecule has 0 aliphatic rings. The number of imidazole rings is 1. The molecular formula is C13H12ClN3S. The third-order valence-electron chi connectivity index (χ3n) is 2.85. The third kappa shape index (κ3) is 1.98. The topological polar surface area (TPSA) is 43.8 Å². The fraction of sp³-hybridized carbons (Fsp3) is 0.154. The summed E-state index contributed by atoms with van der Waals surface area (Å²) in [6.45, 7) is 2.85.